The zero-order valence-electron chi connectivity index (χ0n) is 13.6. The van der Waals surface area contributed by atoms with Gasteiger partial charge in [-0.2, -0.15) is 0 Å². The Morgan fingerprint density at radius 1 is 1.21 bits per heavy atom. The minimum absolute atomic E-state index is 0.0123. The normalized spacial score (nSPS) is 19.2. The summed E-state index contributed by atoms with van der Waals surface area (Å²) >= 11 is 1.55. The van der Waals surface area contributed by atoms with Crippen LogP contribution < -0.4 is 9.64 Å². The van der Waals surface area contributed by atoms with Crippen molar-refractivity contribution in [1.82, 2.24) is 4.98 Å². The quantitative estimate of drug-likeness (QED) is 0.720. The number of rotatable bonds is 4. The van der Waals surface area contributed by atoms with Gasteiger partial charge in [0.2, 0.25) is 5.91 Å². The van der Waals surface area contributed by atoms with Gasteiger partial charge in [-0.25, -0.2) is 4.98 Å². The molecule has 0 radical (unpaired) electrons. The van der Waals surface area contributed by atoms with Gasteiger partial charge >= 0.3 is 0 Å². The van der Waals surface area contributed by atoms with Crippen LogP contribution in [0.25, 0.3) is 10.2 Å². The third kappa shape index (κ3) is 2.55. The predicted octanol–water partition coefficient (Wildman–Crippen LogP) is 4.07. The van der Waals surface area contributed by atoms with Crippen LogP contribution in [0.1, 0.15) is 17.9 Å². The topological polar surface area (TPSA) is 42.4 Å². The number of fused-ring (bicyclic) bond motifs is 1. The zero-order chi connectivity index (χ0) is 16.7. The molecule has 1 saturated carbocycles. The number of hydrogen-bond acceptors (Lipinski definition) is 4. The second-order valence-corrected chi connectivity index (χ2v) is 7.06. The Bertz CT molecular complexity index is 872. The smallest absolute Gasteiger partial charge is 0.232 e. The van der Waals surface area contributed by atoms with E-state index < -0.39 is 0 Å². The number of nitrogens with zero attached hydrogens (tertiary/aromatic N) is 2. The molecule has 1 aromatic heterocycles. The van der Waals surface area contributed by atoms with Crippen molar-refractivity contribution in [2.75, 3.05) is 19.1 Å². The number of thiazole rings is 1. The summed E-state index contributed by atoms with van der Waals surface area (Å²) in [6.07, 6.45) is 0.869. The van der Waals surface area contributed by atoms with E-state index in [-0.39, 0.29) is 17.7 Å². The van der Waals surface area contributed by atoms with Gasteiger partial charge in [-0.1, -0.05) is 41.7 Å². The van der Waals surface area contributed by atoms with Crippen LogP contribution in [0.2, 0.25) is 0 Å². The molecule has 1 aliphatic rings. The Hall–Kier alpha value is -2.40. The lowest BCUT2D eigenvalue weighted by atomic mass is 10.1. The third-order valence-electron chi connectivity index (χ3n) is 4.55. The number of benzene rings is 2. The van der Waals surface area contributed by atoms with Gasteiger partial charge in [-0.15, -0.1) is 0 Å². The molecule has 4 rings (SSSR count). The van der Waals surface area contributed by atoms with Gasteiger partial charge in [0.05, 0.1) is 17.3 Å². The van der Waals surface area contributed by atoms with Crippen molar-refractivity contribution in [3.8, 4) is 5.75 Å². The number of methoxy groups -OCH3 is 1. The van der Waals surface area contributed by atoms with Crippen LogP contribution in [0.3, 0.4) is 0 Å². The second kappa shape index (κ2) is 5.91. The fourth-order valence-electron chi connectivity index (χ4n) is 3.13. The van der Waals surface area contributed by atoms with Crippen molar-refractivity contribution in [2.24, 2.45) is 5.92 Å². The van der Waals surface area contributed by atoms with E-state index in [4.69, 9.17) is 4.74 Å². The summed E-state index contributed by atoms with van der Waals surface area (Å²) < 4.78 is 6.53. The number of aromatic nitrogens is 1. The van der Waals surface area contributed by atoms with Crippen LogP contribution in [0, 0.1) is 5.92 Å². The molecule has 0 unspecified atom stereocenters. The number of para-hydroxylation sites is 2. The zero-order valence-corrected chi connectivity index (χ0v) is 14.4. The van der Waals surface area contributed by atoms with Crippen LogP contribution >= 0.6 is 11.3 Å². The van der Waals surface area contributed by atoms with Gasteiger partial charge in [0.15, 0.2) is 5.13 Å². The van der Waals surface area contributed by atoms with Crippen molar-refractivity contribution in [2.45, 2.75) is 12.3 Å². The van der Waals surface area contributed by atoms with Gasteiger partial charge < -0.3 is 4.74 Å². The van der Waals surface area contributed by atoms with Gasteiger partial charge in [-0.3, -0.25) is 9.69 Å². The predicted molar refractivity (Wildman–Crippen MR) is 96.9 cm³/mol. The fraction of sp³-hybridized carbons (Fsp3) is 0.263. The molecule has 0 spiro atoms. The average molecular weight is 338 g/mol. The Morgan fingerprint density at radius 2 is 1.96 bits per heavy atom. The Balaban J connectivity index is 1.54. The van der Waals surface area contributed by atoms with Crippen molar-refractivity contribution >= 4 is 32.6 Å². The molecule has 0 aliphatic heterocycles. The molecular formula is C19H18N2O2S. The van der Waals surface area contributed by atoms with E-state index in [1.807, 2.05) is 49.5 Å². The third-order valence-corrected chi connectivity index (χ3v) is 5.66. The summed E-state index contributed by atoms with van der Waals surface area (Å²) in [6.45, 7) is 0. The van der Waals surface area contributed by atoms with Gasteiger partial charge in [0, 0.05) is 13.0 Å². The molecule has 24 heavy (non-hydrogen) atoms. The van der Waals surface area contributed by atoms with Crippen molar-refractivity contribution in [3.05, 3.63) is 54.1 Å². The monoisotopic (exact) mass is 338 g/mol. The van der Waals surface area contributed by atoms with Crippen molar-refractivity contribution in [3.63, 3.8) is 0 Å². The minimum atomic E-state index is 0.0123. The molecule has 5 heteroatoms. The summed E-state index contributed by atoms with van der Waals surface area (Å²) in [5.74, 6) is 1.24. The molecule has 0 bridgehead atoms. The highest BCUT2D eigenvalue weighted by Crippen LogP contribution is 2.51. The molecule has 4 nitrogen and oxygen atoms in total. The standard InChI is InChI=1S/C19H18N2O2S/c1-21(19-20-15-8-4-6-10-17(15)24-19)18(22)14-11-13(14)12-7-3-5-9-16(12)23-2/h3-10,13-14H,11H2,1-2H3/t13-,14-/m0/s1. The molecule has 122 valence electrons. The van der Waals surface area contributed by atoms with Crippen LogP contribution in [-0.2, 0) is 4.79 Å². The highest BCUT2D eigenvalue weighted by Gasteiger charge is 2.46. The maximum atomic E-state index is 12.8. The molecule has 1 aliphatic carbocycles. The summed E-state index contributed by atoms with van der Waals surface area (Å²) in [6, 6.07) is 15.9. The van der Waals surface area contributed by atoms with Crippen molar-refractivity contribution < 1.29 is 9.53 Å². The lowest BCUT2D eigenvalue weighted by Crippen LogP contribution is -2.28. The van der Waals surface area contributed by atoms with E-state index in [2.05, 4.69) is 11.1 Å². The first-order valence-electron chi connectivity index (χ1n) is 7.95. The molecule has 0 N–H and O–H groups in total. The summed E-state index contributed by atoms with van der Waals surface area (Å²) in [7, 11) is 3.49. The van der Waals surface area contributed by atoms with E-state index in [0.717, 1.165) is 33.1 Å². The van der Waals surface area contributed by atoms with Gasteiger partial charge in [-0.05, 0) is 36.1 Å². The fourth-order valence-corrected chi connectivity index (χ4v) is 4.06. The van der Waals surface area contributed by atoms with E-state index in [0.29, 0.717) is 0 Å². The van der Waals surface area contributed by atoms with Crippen LogP contribution in [0.5, 0.6) is 5.75 Å². The molecule has 2 atom stereocenters. The lowest BCUT2D eigenvalue weighted by molar-refractivity contribution is -0.119. The molecule has 0 saturated heterocycles. The summed E-state index contributed by atoms with van der Waals surface area (Å²) in [5.41, 5.74) is 2.06. The lowest BCUT2D eigenvalue weighted by Gasteiger charge is -2.14. The SMILES string of the molecule is COc1ccccc1[C@@H]1C[C@@H]1C(=O)N(C)c1nc2ccccc2s1. The number of hydrogen-bond donors (Lipinski definition) is 0. The molecular weight excluding hydrogens is 320 g/mol. The molecule has 1 heterocycles. The maximum Gasteiger partial charge on any atom is 0.232 e. The summed E-state index contributed by atoms with van der Waals surface area (Å²) in [5, 5.41) is 0.756. The van der Waals surface area contributed by atoms with E-state index in [9.17, 15) is 4.79 Å². The highest BCUT2D eigenvalue weighted by atomic mass is 32.1. The Kier molecular flexibility index (Phi) is 3.73. The van der Waals surface area contributed by atoms with Gasteiger partial charge in [0.25, 0.3) is 0 Å². The van der Waals surface area contributed by atoms with E-state index >= 15 is 0 Å². The minimum Gasteiger partial charge on any atom is -0.496 e. The molecule has 1 fully saturated rings. The molecule has 1 amide bonds. The first-order valence-corrected chi connectivity index (χ1v) is 8.76. The number of amides is 1. The number of carbonyl (C=O) groups excluding carboxylic acids is 1. The first-order chi connectivity index (χ1) is 11.7. The Labute approximate surface area is 144 Å². The van der Waals surface area contributed by atoms with Crippen LogP contribution in [-0.4, -0.2) is 25.0 Å². The second-order valence-electron chi connectivity index (χ2n) is 6.05. The number of carbonyl (C=O) groups is 1. The first kappa shape index (κ1) is 15.1. The van der Waals surface area contributed by atoms with Crippen LogP contribution in [0.15, 0.2) is 48.5 Å². The van der Waals surface area contributed by atoms with Crippen LogP contribution in [0.4, 0.5) is 5.13 Å². The Morgan fingerprint density at radius 3 is 2.75 bits per heavy atom. The van der Waals surface area contributed by atoms with Gasteiger partial charge in [0.1, 0.15) is 5.75 Å². The number of anilines is 1. The summed E-state index contributed by atoms with van der Waals surface area (Å²) in [4.78, 5) is 19.1. The molecule has 3 aromatic rings. The van der Waals surface area contributed by atoms with Crippen molar-refractivity contribution in [1.29, 1.82) is 0 Å². The maximum absolute atomic E-state index is 12.8. The largest absolute Gasteiger partial charge is 0.496 e. The number of ether oxygens (including phenoxy) is 1. The molecule has 2 aromatic carbocycles. The highest BCUT2D eigenvalue weighted by molar-refractivity contribution is 7.22. The van der Waals surface area contributed by atoms with E-state index in [1.165, 1.54) is 0 Å². The van der Waals surface area contributed by atoms with E-state index in [1.54, 1.807) is 23.3 Å². The average Bonchev–Trinajstić information content (AvgIpc) is 3.30.